The van der Waals surface area contributed by atoms with Gasteiger partial charge in [0.15, 0.2) is 0 Å². The van der Waals surface area contributed by atoms with Crippen molar-refractivity contribution in [3.8, 4) is 0 Å². The van der Waals surface area contributed by atoms with Gasteiger partial charge in [-0.2, -0.15) is 0 Å². The highest BCUT2D eigenvalue weighted by Crippen LogP contribution is 2.12. The molecule has 1 amide bonds. The Labute approximate surface area is 107 Å². The predicted octanol–water partition coefficient (Wildman–Crippen LogP) is 2.19. The van der Waals surface area contributed by atoms with Gasteiger partial charge in [0.05, 0.1) is 5.56 Å². The van der Waals surface area contributed by atoms with Crippen LogP contribution in [-0.4, -0.2) is 35.0 Å². The Balaban J connectivity index is 2.69. The molecule has 0 aliphatic rings. The Bertz CT molecular complexity index is 425. The maximum Gasteiger partial charge on any atom is 0.335 e. The van der Waals surface area contributed by atoms with E-state index < -0.39 is 5.97 Å². The lowest BCUT2D eigenvalue weighted by molar-refractivity contribution is -0.130. The highest BCUT2D eigenvalue weighted by Gasteiger charge is 2.13. The van der Waals surface area contributed by atoms with Crippen LogP contribution in [0.4, 0.5) is 0 Å². The van der Waals surface area contributed by atoms with Crippen LogP contribution in [0, 0.1) is 0 Å². The van der Waals surface area contributed by atoms with E-state index in [-0.39, 0.29) is 11.5 Å². The predicted molar refractivity (Wildman–Crippen MR) is 69.7 cm³/mol. The summed E-state index contributed by atoms with van der Waals surface area (Å²) in [6.07, 6.45) is 0.823. The zero-order valence-electron chi connectivity index (χ0n) is 10.8. The number of rotatable bonds is 6. The number of benzene rings is 1. The summed E-state index contributed by atoms with van der Waals surface area (Å²) in [4.78, 5) is 24.6. The van der Waals surface area contributed by atoms with Crippen molar-refractivity contribution < 1.29 is 14.7 Å². The number of aromatic carboxylic acids is 1. The molecule has 0 saturated heterocycles. The first kappa shape index (κ1) is 14.2. The van der Waals surface area contributed by atoms with Crippen LogP contribution < -0.4 is 0 Å². The SMILES string of the molecule is CCN(CC)C(=O)CCc1ccccc1C(=O)O. The molecular formula is C14H19NO3. The van der Waals surface area contributed by atoms with E-state index in [9.17, 15) is 9.59 Å². The minimum atomic E-state index is -0.944. The first-order valence-corrected chi connectivity index (χ1v) is 6.19. The quantitative estimate of drug-likeness (QED) is 0.840. The fraction of sp³-hybridized carbons (Fsp3) is 0.429. The second kappa shape index (κ2) is 6.79. The van der Waals surface area contributed by atoms with Crippen LogP contribution in [0.1, 0.15) is 36.2 Å². The van der Waals surface area contributed by atoms with Crippen LogP contribution >= 0.6 is 0 Å². The summed E-state index contributed by atoms with van der Waals surface area (Å²) in [5, 5.41) is 9.04. The third-order valence-corrected chi connectivity index (χ3v) is 2.97. The topological polar surface area (TPSA) is 57.6 Å². The second-order valence-electron chi connectivity index (χ2n) is 4.03. The largest absolute Gasteiger partial charge is 0.478 e. The van der Waals surface area contributed by atoms with Gasteiger partial charge in [0.2, 0.25) is 5.91 Å². The summed E-state index contributed by atoms with van der Waals surface area (Å²) in [5.41, 5.74) is 0.996. The minimum Gasteiger partial charge on any atom is -0.478 e. The van der Waals surface area contributed by atoms with Crippen molar-refractivity contribution in [3.63, 3.8) is 0 Å². The molecule has 0 aromatic heterocycles. The number of carboxylic acids is 1. The number of amides is 1. The Hall–Kier alpha value is -1.84. The third kappa shape index (κ3) is 3.58. The second-order valence-corrected chi connectivity index (χ2v) is 4.03. The molecule has 1 N–H and O–H groups in total. The molecule has 1 aromatic carbocycles. The van der Waals surface area contributed by atoms with Crippen LogP contribution in [0.25, 0.3) is 0 Å². The molecule has 0 saturated carbocycles. The van der Waals surface area contributed by atoms with Gasteiger partial charge < -0.3 is 10.0 Å². The fourth-order valence-electron chi connectivity index (χ4n) is 1.92. The standard InChI is InChI=1S/C14H19NO3/c1-3-15(4-2)13(16)10-9-11-7-5-6-8-12(11)14(17)18/h5-8H,3-4,9-10H2,1-2H3,(H,17,18). The van der Waals surface area contributed by atoms with E-state index in [1.165, 1.54) is 0 Å². The summed E-state index contributed by atoms with van der Waals surface area (Å²) in [5.74, 6) is -0.874. The molecule has 0 radical (unpaired) electrons. The van der Waals surface area contributed by atoms with E-state index in [4.69, 9.17) is 5.11 Å². The van der Waals surface area contributed by atoms with Gasteiger partial charge in [-0.05, 0) is 31.9 Å². The molecule has 0 unspecified atom stereocenters. The van der Waals surface area contributed by atoms with Gasteiger partial charge in [0.25, 0.3) is 0 Å². The number of nitrogens with zero attached hydrogens (tertiary/aromatic N) is 1. The summed E-state index contributed by atoms with van der Waals surface area (Å²) in [7, 11) is 0. The maximum atomic E-state index is 11.8. The number of carbonyl (C=O) groups excluding carboxylic acids is 1. The molecule has 0 aliphatic carbocycles. The maximum absolute atomic E-state index is 11.8. The van der Waals surface area contributed by atoms with Gasteiger partial charge in [0, 0.05) is 19.5 Å². The molecule has 18 heavy (non-hydrogen) atoms. The molecule has 0 fully saturated rings. The van der Waals surface area contributed by atoms with Crippen molar-refractivity contribution in [1.29, 1.82) is 0 Å². The monoisotopic (exact) mass is 249 g/mol. The van der Waals surface area contributed by atoms with Crippen LogP contribution in [0.15, 0.2) is 24.3 Å². The fourth-order valence-corrected chi connectivity index (χ4v) is 1.92. The first-order valence-electron chi connectivity index (χ1n) is 6.19. The molecule has 1 aromatic rings. The van der Waals surface area contributed by atoms with E-state index in [0.29, 0.717) is 31.5 Å². The third-order valence-electron chi connectivity index (χ3n) is 2.97. The number of aryl methyl sites for hydroxylation is 1. The highest BCUT2D eigenvalue weighted by atomic mass is 16.4. The molecule has 98 valence electrons. The molecule has 1 rings (SSSR count). The molecule has 0 spiro atoms. The van der Waals surface area contributed by atoms with Gasteiger partial charge in [-0.15, -0.1) is 0 Å². The van der Waals surface area contributed by atoms with E-state index >= 15 is 0 Å². The Morgan fingerprint density at radius 1 is 1.17 bits per heavy atom. The van der Waals surface area contributed by atoms with Gasteiger partial charge >= 0.3 is 5.97 Å². The zero-order valence-corrected chi connectivity index (χ0v) is 10.8. The lowest BCUT2D eigenvalue weighted by Crippen LogP contribution is -2.30. The average Bonchev–Trinajstić information content (AvgIpc) is 2.38. The first-order chi connectivity index (χ1) is 8.60. The molecule has 0 aliphatic heterocycles. The van der Waals surface area contributed by atoms with Gasteiger partial charge in [-0.25, -0.2) is 4.79 Å². The summed E-state index contributed by atoms with van der Waals surface area (Å²) in [6.45, 7) is 5.25. The van der Waals surface area contributed by atoms with E-state index in [1.807, 2.05) is 13.8 Å². The Morgan fingerprint density at radius 3 is 2.33 bits per heavy atom. The lowest BCUT2D eigenvalue weighted by Gasteiger charge is -2.18. The average molecular weight is 249 g/mol. The van der Waals surface area contributed by atoms with E-state index in [1.54, 1.807) is 29.2 Å². The molecule has 0 heterocycles. The highest BCUT2D eigenvalue weighted by molar-refractivity contribution is 5.89. The van der Waals surface area contributed by atoms with Crippen molar-refractivity contribution in [2.24, 2.45) is 0 Å². The van der Waals surface area contributed by atoms with Crippen molar-refractivity contribution in [2.45, 2.75) is 26.7 Å². The van der Waals surface area contributed by atoms with Crippen molar-refractivity contribution in [1.82, 2.24) is 4.90 Å². The summed E-state index contributed by atoms with van der Waals surface area (Å²) < 4.78 is 0. The van der Waals surface area contributed by atoms with Gasteiger partial charge in [0.1, 0.15) is 0 Å². The van der Waals surface area contributed by atoms with Crippen molar-refractivity contribution in [2.75, 3.05) is 13.1 Å². The lowest BCUT2D eigenvalue weighted by atomic mass is 10.0. The molecule has 0 bridgehead atoms. The van der Waals surface area contributed by atoms with Gasteiger partial charge in [-0.1, -0.05) is 18.2 Å². The Kier molecular flexibility index (Phi) is 5.36. The summed E-state index contributed by atoms with van der Waals surface area (Å²) >= 11 is 0. The van der Waals surface area contributed by atoms with Crippen molar-refractivity contribution in [3.05, 3.63) is 35.4 Å². The van der Waals surface area contributed by atoms with Crippen LogP contribution in [-0.2, 0) is 11.2 Å². The molecule has 4 heteroatoms. The van der Waals surface area contributed by atoms with Gasteiger partial charge in [-0.3, -0.25) is 4.79 Å². The van der Waals surface area contributed by atoms with Crippen molar-refractivity contribution >= 4 is 11.9 Å². The van der Waals surface area contributed by atoms with E-state index in [0.717, 1.165) is 0 Å². The molecule has 4 nitrogen and oxygen atoms in total. The number of carbonyl (C=O) groups is 2. The normalized spacial score (nSPS) is 10.1. The molecular weight excluding hydrogens is 230 g/mol. The smallest absolute Gasteiger partial charge is 0.335 e. The molecule has 0 atom stereocenters. The van der Waals surface area contributed by atoms with Crippen LogP contribution in [0.2, 0.25) is 0 Å². The summed E-state index contributed by atoms with van der Waals surface area (Å²) in [6, 6.07) is 6.82. The zero-order chi connectivity index (χ0) is 13.5. The van der Waals surface area contributed by atoms with Crippen LogP contribution in [0.3, 0.4) is 0 Å². The number of hydrogen-bond donors (Lipinski definition) is 1. The number of carboxylic acid groups (broad SMARTS) is 1. The Morgan fingerprint density at radius 2 is 1.78 bits per heavy atom. The number of hydrogen-bond acceptors (Lipinski definition) is 2. The minimum absolute atomic E-state index is 0.0696. The van der Waals surface area contributed by atoms with Crippen LogP contribution in [0.5, 0.6) is 0 Å². The van der Waals surface area contributed by atoms with E-state index in [2.05, 4.69) is 0 Å².